The van der Waals surface area contributed by atoms with E-state index in [0.717, 1.165) is 75.2 Å². The molecule has 278 valence electrons. The second kappa shape index (κ2) is 17.7. The van der Waals surface area contributed by atoms with E-state index in [2.05, 4.69) is 188 Å². The molecule has 56 heavy (non-hydrogen) atoms. The molecular formula is C51H49N5. The summed E-state index contributed by atoms with van der Waals surface area (Å²) >= 11 is 0. The van der Waals surface area contributed by atoms with Crippen LogP contribution in [0.5, 0.6) is 0 Å². The SMILES string of the molecule is C/C=C\C(=C/CC)c1nc(C2=CCC=CC=C2)nc(C(/C=C\C=C(/C)n2c3c(c4cccc5ccccc5n(-c5ccccc5)c(C)c42)C=CCC=C3)=C/C)n1. The van der Waals surface area contributed by atoms with Gasteiger partial charge in [0.15, 0.2) is 17.5 Å². The van der Waals surface area contributed by atoms with Crippen LogP contribution in [0, 0.1) is 6.92 Å². The minimum absolute atomic E-state index is 0.639. The maximum absolute atomic E-state index is 5.04. The van der Waals surface area contributed by atoms with E-state index in [9.17, 15) is 0 Å². The number of rotatable bonds is 9. The minimum Gasteiger partial charge on any atom is -0.312 e. The van der Waals surface area contributed by atoms with Crippen LogP contribution in [-0.4, -0.2) is 24.1 Å². The fraction of sp³-hybridized carbons (Fsp3) is 0.157. The zero-order valence-corrected chi connectivity index (χ0v) is 33.0. The summed E-state index contributed by atoms with van der Waals surface area (Å²) in [4.78, 5) is 15.0. The van der Waals surface area contributed by atoms with Gasteiger partial charge < -0.3 is 9.13 Å². The molecule has 0 N–H and O–H groups in total. The first-order valence-corrected chi connectivity index (χ1v) is 19.6. The first kappa shape index (κ1) is 37.7. The molecule has 0 fully saturated rings. The average molecular weight is 732 g/mol. The zero-order chi connectivity index (χ0) is 38.9. The standard InChI is InChI=1S/C51H49N5/c1-6-23-41(24-7-2)50-52-49(53-51(54-50)42-27-13-9-10-14-28-42)39(8-3)29-21-25-37(4)55-47-36-18-12-17-33-44(47)45-34-22-30-40-26-19-20-35-46(40)56(38(5)48(45)55)43-31-15-11-16-32-43/h6,8-11,13,15-36H,7,12,14H2,1-5H3/b23-6-,29-21-,30-22?,37-25+,39-8+,41-24+,45-34?,48-38?. The van der Waals surface area contributed by atoms with Gasteiger partial charge in [-0.15, -0.1) is 0 Å². The highest BCUT2D eigenvalue weighted by atomic mass is 15.1. The van der Waals surface area contributed by atoms with E-state index in [0.29, 0.717) is 17.5 Å². The summed E-state index contributed by atoms with van der Waals surface area (Å²) in [6, 6.07) is 26.0. The predicted octanol–water partition coefficient (Wildman–Crippen LogP) is 13.4. The zero-order valence-electron chi connectivity index (χ0n) is 33.0. The Morgan fingerprint density at radius 1 is 0.768 bits per heavy atom. The monoisotopic (exact) mass is 731 g/mol. The van der Waals surface area contributed by atoms with Crippen LogP contribution >= 0.6 is 0 Å². The molecule has 5 heteroatoms. The number of nitrogens with zero attached hydrogens (tertiary/aromatic N) is 5. The highest BCUT2D eigenvalue weighted by Gasteiger charge is 2.19. The number of benzene rings is 2. The molecule has 0 spiro atoms. The number of hydrogen-bond donors (Lipinski definition) is 0. The van der Waals surface area contributed by atoms with Gasteiger partial charge in [-0.1, -0.05) is 147 Å². The number of aryl methyl sites for hydroxylation is 1. The molecule has 0 radical (unpaired) electrons. The van der Waals surface area contributed by atoms with Gasteiger partial charge in [-0.2, -0.15) is 0 Å². The van der Waals surface area contributed by atoms with Crippen LogP contribution in [0.15, 0.2) is 158 Å². The van der Waals surface area contributed by atoms with E-state index in [4.69, 9.17) is 15.0 Å². The van der Waals surface area contributed by atoms with Crippen LogP contribution in [-0.2, 0) is 0 Å². The van der Waals surface area contributed by atoms with Gasteiger partial charge in [-0.05, 0) is 82.7 Å². The normalized spacial score (nSPS) is 14.8. The van der Waals surface area contributed by atoms with Gasteiger partial charge in [-0.3, -0.25) is 0 Å². The van der Waals surface area contributed by atoms with Crippen molar-refractivity contribution in [3.8, 4) is 5.69 Å². The third kappa shape index (κ3) is 7.94. The van der Waals surface area contributed by atoms with Crippen LogP contribution in [0.1, 0.15) is 81.4 Å². The molecular weight excluding hydrogens is 683 g/mol. The molecule has 0 saturated heterocycles. The largest absolute Gasteiger partial charge is 0.312 e. The van der Waals surface area contributed by atoms with E-state index in [1.54, 1.807) is 0 Å². The van der Waals surface area contributed by atoms with Crippen molar-refractivity contribution >= 4 is 56.4 Å². The van der Waals surface area contributed by atoms with Crippen LogP contribution in [0.25, 0.3) is 62.1 Å². The molecule has 0 atom stereocenters. The Labute approximate surface area is 331 Å². The Morgan fingerprint density at radius 3 is 2.34 bits per heavy atom. The number of allylic oxidation sites excluding steroid dienone is 18. The molecule has 5 nitrogen and oxygen atoms in total. The molecule has 0 aliphatic heterocycles. The van der Waals surface area contributed by atoms with Gasteiger partial charge in [0.25, 0.3) is 0 Å². The summed E-state index contributed by atoms with van der Waals surface area (Å²) in [5, 5.41) is 2.35. The Morgan fingerprint density at radius 2 is 1.54 bits per heavy atom. The molecule has 0 bridgehead atoms. The molecule has 0 unspecified atom stereocenters. The van der Waals surface area contributed by atoms with Crippen molar-refractivity contribution < 1.29 is 0 Å². The van der Waals surface area contributed by atoms with Crippen molar-refractivity contribution in [1.82, 2.24) is 24.1 Å². The Kier molecular flexibility index (Phi) is 11.9. The van der Waals surface area contributed by atoms with E-state index in [1.807, 2.05) is 26.0 Å². The molecule has 0 saturated carbocycles. The third-order valence-corrected chi connectivity index (χ3v) is 9.98. The maximum Gasteiger partial charge on any atom is 0.163 e. The second-order valence-corrected chi connectivity index (χ2v) is 13.7. The van der Waals surface area contributed by atoms with E-state index < -0.39 is 0 Å². The summed E-state index contributed by atoms with van der Waals surface area (Å²) in [6.45, 7) is 10.6. The molecule has 2 aliphatic carbocycles. The van der Waals surface area contributed by atoms with Crippen molar-refractivity contribution in [2.45, 2.75) is 53.9 Å². The van der Waals surface area contributed by atoms with Crippen molar-refractivity contribution in [2.24, 2.45) is 0 Å². The van der Waals surface area contributed by atoms with Crippen LogP contribution in [0.3, 0.4) is 0 Å². The molecule has 5 aromatic rings. The fourth-order valence-electron chi connectivity index (χ4n) is 7.39. The van der Waals surface area contributed by atoms with Gasteiger partial charge in [0.05, 0.1) is 16.7 Å². The molecule has 0 amide bonds. The van der Waals surface area contributed by atoms with Gasteiger partial charge in [0.2, 0.25) is 0 Å². The van der Waals surface area contributed by atoms with Crippen molar-refractivity contribution in [2.75, 3.05) is 0 Å². The lowest BCUT2D eigenvalue weighted by atomic mass is 10.1. The van der Waals surface area contributed by atoms with E-state index in [1.165, 1.54) is 10.9 Å². The van der Waals surface area contributed by atoms with Crippen molar-refractivity contribution in [3.63, 3.8) is 0 Å². The van der Waals surface area contributed by atoms with Crippen molar-refractivity contribution in [1.29, 1.82) is 0 Å². The number of para-hydroxylation sites is 2. The van der Waals surface area contributed by atoms with Crippen LogP contribution < -0.4 is 0 Å². The predicted molar refractivity (Wildman–Crippen MR) is 240 cm³/mol. The lowest BCUT2D eigenvalue weighted by molar-refractivity contribution is 0.968. The number of hydrogen-bond acceptors (Lipinski definition) is 3. The van der Waals surface area contributed by atoms with Gasteiger partial charge in [-0.25, -0.2) is 15.0 Å². The van der Waals surface area contributed by atoms with Crippen LogP contribution in [0.4, 0.5) is 0 Å². The van der Waals surface area contributed by atoms with Crippen LogP contribution in [0.2, 0.25) is 0 Å². The Bertz CT molecular complexity index is 2620. The third-order valence-electron chi connectivity index (χ3n) is 9.98. The van der Waals surface area contributed by atoms with Gasteiger partial charge in [0, 0.05) is 44.7 Å². The summed E-state index contributed by atoms with van der Waals surface area (Å²) in [5.41, 5.74) is 10.9. The minimum atomic E-state index is 0.639. The molecule has 2 aromatic carbocycles. The number of fused-ring (bicyclic) bond motifs is 4. The molecule has 3 aromatic heterocycles. The highest BCUT2D eigenvalue weighted by molar-refractivity contribution is 5.98. The lowest BCUT2D eigenvalue weighted by Crippen LogP contribution is -2.06. The Balaban J connectivity index is 1.41. The topological polar surface area (TPSA) is 48.5 Å². The summed E-state index contributed by atoms with van der Waals surface area (Å²) < 4.78 is 4.80. The second-order valence-electron chi connectivity index (χ2n) is 13.7. The molecule has 7 rings (SSSR count). The highest BCUT2D eigenvalue weighted by Crippen LogP contribution is 2.35. The number of aromatic nitrogens is 5. The quantitative estimate of drug-likeness (QED) is 0.142. The average Bonchev–Trinajstić information content (AvgIpc) is 3.43. The van der Waals surface area contributed by atoms with Crippen molar-refractivity contribution in [3.05, 3.63) is 192 Å². The Hall–Kier alpha value is -6.59. The van der Waals surface area contributed by atoms with E-state index in [-0.39, 0.29) is 0 Å². The summed E-state index contributed by atoms with van der Waals surface area (Å²) in [7, 11) is 0. The maximum atomic E-state index is 5.04. The fourth-order valence-corrected chi connectivity index (χ4v) is 7.39. The van der Waals surface area contributed by atoms with E-state index >= 15 is 0 Å². The molecule has 2 aliphatic rings. The first-order chi connectivity index (χ1) is 27.5. The first-order valence-electron chi connectivity index (χ1n) is 19.6. The summed E-state index contributed by atoms with van der Waals surface area (Å²) in [6.07, 6.45) is 36.9. The van der Waals surface area contributed by atoms with Gasteiger partial charge in [0.1, 0.15) is 0 Å². The smallest absolute Gasteiger partial charge is 0.163 e. The molecule has 3 heterocycles. The lowest BCUT2D eigenvalue weighted by Gasteiger charge is -2.16. The van der Waals surface area contributed by atoms with Gasteiger partial charge >= 0.3 is 0 Å². The summed E-state index contributed by atoms with van der Waals surface area (Å²) in [5.74, 6) is 1.97.